The maximum Gasteiger partial charge on any atom is 0.0468 e. The molecule has 1 saturated carbocycles. The molecule has 0 spiro atoms. The first-order chi connectivity index (χ1) is 8.91. The van der Waals surface area contributed by atoms with E-state index in [0.717, 1.165) is 31.6 Å². The number of rotatable bonds is 6. The van der Waals surface area contributed by atoms with Crippen LogP contribution in [0.2, 0.25) is 0 Å². The van der Waals surface area contributed by atoms with Crippen LogP contribution in [0.25, 0.3) is 0 Å². The largest absolute Gasteiger partial charge is 0.381 e. The van der Waals surface area contributed by atoms with E-state index in [0.29, 0.717) is 16.9 Å². The summed E-state index contributed by atoms with van der Waals surface area (Å²) in [6.07, 6.45) is 5.11. The van der Waals surface area contributed by atoms with E-state index in [4.69, 9.17) is 4.74 Å². The molecule has 1 saturated heterocycles. The summed E-state index contributed by atoms with van der Waals surface area (Å²) in [5.41, 5.74) is 0.979. The van der Waals surface area contributed by atoms with Gasteiger partial charge in [-0.2, -0.15) is 0 Å². The average molecular weight is 267 g/mol. The van der Waals surface area contributed by atoms with Crippen molar-refractivity contribution in [2.75, 3.05) is 19.8 Å². The molecule has 19 heavy (non-hydrogen) atoms. The molecule has 2 aliphatic rings. The average Bonchev–Trinajstić information content (AvgIpc) is 2.77. The molecule has 0 aromatic carbocycles. The topological polar surface area (TPSA) is 21.3 Å². The van der Waals surface area contributed by atoms with Crippen LogP contribution in [-0.2, 0) is 4.74 Å². The van der Waals surface area contributed by atoms with Gasteiger partial charge in [-0.15, -0.1) is 0 Å². The van der Waals surface area contributed by atoms with Gasteiger partial charge in [0.2, 0.25) is 0 Å². The van der Waals surface area contributed by atoms with Crippen molar-refractivity contribution >= 4 is 0 Å². The summed E-state index contributed by atoms with van der Waals surface area (Å²) >= 11 is 0. The van der Waals surface area contributed by atoms with E-state index in [-0.39, 0.29) is 0 Å². The molecule has 1 atom stereocenters. The molecule has 1 aliphatic heterocycles. The number of hydrogen-bond acceptors (Lipinski definition) is 2. The smallest absolute Gasteiger partial charge is 0.0468 e. The molecule has 0 bridgehead atoms. The Morgan fingerprint density at radius 1 is 1.11 bits per heavy atom. The molecule has 2 fully saturated rings. The van der Waals surface area contributed by atoms with Crippen molar-refractivity contribution < 1.29 is 4.74 Å². The highest BCUT2D eigenvalue weighted by Crippen LogP contribution is 2.70. The van der Waals surface area contributed by atoms with Crippen LogP contribution >= 0.6 is 0 Å². The predicted octanol–water partition coefficient (Wildman–Crippen LogP) is 3.85. The fraction of sp³-hybridized carbons (Fsp3) is 1.00. The summed E-state index contributed by atoms with van der Waals surface area (Å²) in [6.45, 7) is 15.2. The number of nitrogens with one attached hydrogen (secondary N) is 1. The maximum absolute atomic E-state index is 5.50. The molecule has 2 rings (SSSR count). The van der Waals surface area contributed by atoms with Crippen molar-refractivity contribution in [1.29, 1.82) is 0 Å². The highest BCUT2D eigenvalue weighted by Gasteiger charge is 2.66. The first-order valence-electron chi connectivity index (χ1n) is 8.22. The first-order valence-corrected chi connectivity index (χ1v) is 8.22. The highest BCUT2D eigenvalue weighted by molar-refractivity contribution is 5.16. The van der Waals surface area contributed by atoms with Crippen LogP contribution in [0.4, 0.5) is 0 Å². The molecule has 0 amide bonds. The van der Waals surface area contributed by atoms with E-state index in [1.165, 1.54) is 25.7 Å². The molecule has 2 nitrogen and oxygen atoms in total. The van der Waals surface area contributed by atoms with Gasteiger partial charge in [0.1, 0.15) is 0 Å². The van der Waals surface area contributed by atoms with Gasteiger partial charge >= 0.3 is 0 Å². The van der Waals surface area contributed by atoms with Gasteiger partial charge in [0.05, 0.1) is 0 Å². The molecule has 2 heteroatoms. The van der Waals surface area contributed by atoms with Crippen molar-refractivity contribution in [3.05, 3.63) is 0 Å². The van der Waals surface area contributed by atoms with Crippen LogP contribution in [0.15, 0.2) is 0 Å². The van der Waals surface area contributed by atoms with E-state index < -0.39 is 0 Å². The van der Waals surface area contributed by atoms with E-state index >= 15 is 0 Å². The Hall–Kier alpha value is -0.0800. The normalized spacial score (nSPS) is 28.3. The van der Waals surface area contributed by atoms with Gasteiger partial charge < -0.3 is 10.1 Å². The van der Waals surface area contributed by atoms with Crippen molar-refractivity contribution in [1.82, 2.24) is 5.32 Å². The molecule has 0 aromatic rings. The van der Waals surface area contributed by atoms with Gasteiger partial charge in [-0.3, -0.25) is 0 Å². The SMILES string of the molecule is CCCNC(CC1CCOCC1)C1C(C)(C)C1(C)C. The van der Waals surface area contributed by atoms with Gasteiger partial charge in [-0.1, -0.05) is 34.6 Å². The van der Waals surface area contributed by atoms with E-state index in [1.807, 2.05) is 0 Å². The third-order valence-electron chi connectivity index (χ3n) is 6.12. The predicted molar refractivity (Wildman–Crippen MR) is 81.3 cm³/mol. The van der Waals surface area contributed by atoms with Crippen molar-refractivity contribution in [2.45, 2.75) is 66.3 Å². The summed E-state index contributed by atoms with van der Waals surface area (Å²) in [6, 6.07) is 0.702. The molecular formula is C17H33NO. The zero-order valence-electron chi connectivity index (χ0n) is 13.6. The Balaban J connectivity index is 1.96. The summed E-state index contributed by atoms with van der Waals surface area (Å²) in [7, 11) is 0. The maximum atomic E-state index is 5.50. The lowest BCUT2D eigenvalue weighted by molar-refractivity contribution is 0.0588. The molecule has 112 valence electrons. The summed E-state index contributed by atoms with van der Waals surface area (Å²) < 4.78 is 5.50. The second-order valence-corrected chi connectivity index (χ2v) is 7.77. The Kier molecular flexibility index (Phi) is 4.62. The third-order valence-corrected chi connectivity index (χ3v) is 6.12. The van der Waals surface area contributed by atoms with E-state index in [1.54, 1.807) is 0 Å². The molecule has 1 N–H and O–H groups in total. The van der Waals surface area contributed by atoms with Gasteiger partial charge in [-0.05, 0) is 54.9 Å². The lowest BCUT2D eigenvalue weighted by Crippen LogP contribution is -2.37. The van der Waals surface area contributed by atoms with Gasteiger partial charge in [0, 0.05) is 19.3 Å². The first kappa shape index (κ1) is 15.3. The highest BCUT2D eigenvalue weighted by atomic mass is 16.5. The van der Waals surface area contributed by atoms with Crippen molar-refractivity contribution in [3.8, 4) is 0 Å². The quantitative estimate of drug-likeness (QED) is 0.789. The summed E-state index contributed by atoms with van der Waals surface area (Å²) in [5, 5.41) is 3.85. The second kappa shape index (κ2) is 5.73. The fourth-order valence-corrected chi connectivity index (χ4v) is 4.26. The van der Waals surface area contributed by atoms with Crippen LogP contribution in [0.1, 0.15) is 60.3 Å². The monoisotopic (exact) mass is 267 g/mol. The Labute approximate surface area is 119 Å². The van der Waals surface area contributed by atoms with E-state index in [9.17, 15) is 0 Å². The van der Waals surface area contributed by atoms with Crippen LogP contribution in [-0.4, -0.2) is 25.8 Å². The molecule has 1 heterocycles. The zero-order valence-corrected chi connectivity index (χ0v) is 13.6. The third kappa shape index (κ3) is 3.00. The molecule has 1 unspecified atom stereocenters. The molecule has 1 aliphatic carbocycles. The van der Waals surface area contributed by atoms with Gasteiger partial charge in [0.25, 0.3) is 0 Å². The fourth-order valence-electron chi connectivity index (χ4n) is 4.26. The standard InChI is InChI=1S/C17H33NO/c1-6-9-18-14(12-13-7-10-19-11-8-13)15-16(2,3)17(15,4)5/h13-15,18H,6-12H2,1-5H3. The molecular weight excluding hydrogens is 234 g/mol. The van der Waals surface area contributed by atoms with Crippen LogP contribution in [0.3, 0.4) is 0 Å². The minimum atomic E-state index is 0.490. The zero-order chi connectivity index (χ0) is 14.1. The lowest BCUT2D eigenvalue weighted by Gasteiger charge is -2.28. The number of ether oxygens (including phenoxy) is 1. The molecule has 0 aromatic heterocycles. The minimum Gasteiger partial charge on any atom is -0.381 e. The minimum absolute atomic E-state index is 0.490. The molecule has 0 radical (unpaired) electrons. The Morgan fingerprint density at radius 2 is 1.68 bits per heavy atom. The Morgan fingerprint density at radius 3 is 2.16 bits per heavy atom. The second-order valence-electron chi connectivity index (χ2n) is 7.77. The van der Waals surface area contributed by atoms with Crippen LogP contribution < -0.4 is 5.32 Å². The lowest BCUT2D eigenvalue weighted by atomic mass is 9.88. The summed E-state index contributed by atoms with van der Waals surface area (Å²) in [5.74, 6) is 1.70. The van der Waals surface area contributed by atoms with Gasteiger partial charge in [0.15, 0.2) is 0 Å². The van der Waals surface area contributed by atoms with Gasteiger partial charge in [-0.25, -0.2) is 0 Å². The Bertz CT molecular complexity index is 278. The van der Waals surface area contributed by atoms with Crippen LogP contribution in [0, 0.1) is 22.7 Å². The van der Waals surface area contributed by atoms with Crippen molar-refractivity contribution in [3.63, 3.8) is 0 Å². The summed E-state index contributed by atoms with van der Waals surface area (Å²) in [4.78, 5) is 0. The number of hydrogen-bond donors (Lipinski definition) is 1. The van der Waals surface area contributed by atoms with Crippen molar-refractivity contribution in [2.24, 2.45) is 22.7 Å². The van der Waals surface area contributed by atoms with Crippen LogP contribution in [0.5, 0.6) is 0 Å². The van der Waals surface area contributed by atoms with E-state index in [2.05, 4.69) is 39.9 Å².